The lowest BCUT2D eigenvalue weighted by Crippen LogP contribution is -2.54. The van der Waals surface area contributed by atoms with Crippen LogP contribution in [-0.2, 0) is 15.1 Å². The van der Waals surface area contributed by atoms with Gasteiger partial charge in [-0.15, -0.1) is 0 Å². The number of nitrogens with zero attached hydrogens (tertiary/aromatic N) is 4. The zero-order chi connectivity index (χ0) is 18.6. The first kappa shape index (κ1) is 16.7. The summed E-state index contributed by atoms with van der Waals surface area (Å²) in [5.41, 5.74) is 0.107. The molecule has 3 aliphatic rings. The van der Waals surface area contributed by atoms with Crippen molar-refractivity contribution >= 4 is 11.6 Å². The molecule has 6 nitrogen and oxygen atoms in total. The molecule has 1 atom stereocenters. The molecule has 27 heavy (non-hydrogen) atoms. The van der Waals surface area contributed by atoms with Crippen molar-refractivity contribution < 1.29 is 13.9 Å². The van der Waals surface area contributed by atoms with Gasteiger partial charge in [-0.25, -0.2) is 9.37 Å². The molecule has 0 aromatic carbocycles. The molecule has 7 heteroatoms. The number of hydrogen-bond acceptors (Lipinski definition) is 4. The van der Waals surface area contributed by atoms with Gasteiger partial charge in [0.1, 0.15) is 5.54 Å². The lowest BCUT2D eigenvalue weighted by molar-refractivity contribution is -0.137. The van der Waals surface area contributed by atoms with Crippen LogP contribution in [0.1, 0.15) is 25.0 Å². The lowest BCUT2D eigenvalue weighted by Gasteiger charge is -2.47. The van der Waals surface area contributed by atoms with E-state index < -0.39 is 5.67 Å². The fourth-order valence-electron chi connectivity index (χ4n) is 4.62. The number of hydrogen-bond donors (Lipinski definition) is 0. The molecule has 1 saturated heterocycles. The molecule has 0 radical (unpaired) electrons. The molecule has 1 spiro atoms. The Morgan fingerprint density at radius 2 is 2.15 bits per heavy atom. The van der Waals surface area contributed by atoms with Crippen LogP contribution in [0.3, 0.4) is 0 Å². The van der Waals surface area contributed by atoms with E-state index in [2.05, 4.69) is 26.6 Å². The zero-order valence-electron chi connectivity index (χ0n) is 15.4. The molecule has 2 fully saturated rings. The fourth-order valence-corrected chi connectivity index (χ4v) is 4.62. The Labute approximate surface area is 157 Å². The van der Waals surface area contributed by atoms with Crippen LogP contribution in [0.15, 0.2) is 36.7 Å². The van der Waals surface area contributed by atoms with Crippen molar-refractivity contribution in [1.82, 2.24) is 14.5 Å². The number of carbonyl (C=O) groups is 1. The molecule has 5 rings (SSSR count). The van der Waals surface area contributed by atoms with Gasteiger partial charge in [-0.3, -0.25) is 4.79 Å². The van der Waals surface area contributed by atoms with E-state index in [-0.39, 0.29) is 11.4 Å². The average Bonchev–Trinajstić information content (AvgIpc) is 3.11. The number of aromatic nitrogens is 2. The van der Waals surface area contributed by atoms with E-state index >= 15 is 0 Å². The minimum Gasteiger partial charge on any atom is -0.383 e. The predicted molar refractivity (Wildman–Crippen MR) is 98.7 cm³/mol. The molecular formula is C20H23FN4O2. The molecule has 0 N–H and O–H groups in total. The molecule has 2 aromatic rings. The lowest BCUT2D eigenvalue weighted by atomic mass is 9.89. The SMILES string of the molecule is COCCN1c2cccnc2-n2cccc2C12CCN(C(=O)C1(F)CC1)C2. The summed E-state index contributed by atoms with van der Waals surface area (Å²) in [5, 5.41) is 0. The summed E-state index contributed by atoms with van der Waals surface area (Å²) in [6.45, 7) is 2.30. The van der Waals surface area contributed by atoms with Crippen molar-refractivity contribution in [2.24, 2.45) is 0 Å². The van der Waals surface area contributed by atoms with Gasteiger partial charge in [0.05, 0.1) is 18.0 Å². The molecule has 4 heterocycles. The van der Waals surface area contributed by atoms with Gasteiger partial charge in [-0.1, -0.05) is 0 Å². The number of carbonyl (C=O) groups excluding carboxylic acids is 1. The summed E-state index contributed by atoms with van der Waals surface area (Å²) in [5.74, 6) is 0.536. The van der Waals surface area contributed by atoms with E-state index in [1.807, 2.05) is 18.3 Å². The Bertz CT molecular complexity index is 894. The minimum atomic E-state index is -1.63. The molecule has 1 unspecified atom stereocenters. The largest absolute Gasteiger partial charge is 0.383 e. The van der Waals surface area contributed by atoms with Crippen molar-refractivity contribution in [3.8, 4) is 5.82 Å². The highest BCUT2D eigenvalue weighted by Crippen LogP contribution is 2.49. The van der Waals surface area contributed by atoms with Crippen LogP contribution in [-0.4, -0.2) is 59.4 Å². The maximum Gasteiger partial charge on any atom is 0.260 e. The Hall–Kier alpha value is -2.41. The molecule has 1 aliphatic carbocycles. The van der Waals surface area contributed by atoms with Gasteiger partial charge < -0.3 is 19.1 Å². The molecule has 1 amide bonds. The highest BCUT2D eigenvalue weighted by Gasteiger charge is 2.57. The summed E-state index contributed by atoms with van der Waals surface area (Å²) < 4.78 is 21.9. The summed E-state index contributed by atoms with van der Waals surface area (Å²) in [6, 6.07) is 8.09. The third kappa shape index (κ3) is 2.34. The summed E-state index contributed by atoms with van der Waals surface area (Å²) >= 11 is 0. The van der Waals surface area contributed by atoms with Crippen LogP contribution in [0.4, 0.5) is 10.1 Å². The molecule has 1 saturated carbocycles. The number of amides is 1. The second-order valence-corrected chi connectivity index (χ2v) is 7.73. The number of methoxy groups -OCH3 is 1. The normalized spacial score (nSPS) is 24.8. The zero-order valence-corrected chi connectivity index (χ0v) is 15.4. The second-order valence-electron chi connectivity index (χ2n) is 7.73. The first-order valence-electron chi connectivity index (χ1n) is 9.47. The quantitative estimate of drug-likeness (QED) is 0.829. The van der Waals surface area contributed by atoms with Crippen LogP contribution in [0.5, 0.6) is 0 Å². The highest BCUT2D eigenvalue weighted by molar-refractivity contribution is 5.88. The Kier molecular flexibility index (Phi) is 3.59. The predicted octanol–water partition coefficient (Wildman–Crippen LogP) is 2.27. The Morgan fingerprint density at radius 1 is 1.30 bits per heavy atom. The van der Waals surface area contributed by atoms with E-state index in [9.17, 15) is 9.18 Å². The second kappa shape index (κ2) is 5.79. The first-order chi connectivity index (χ1) is 13.1. The number of halogens is 1. The third-order valence-corrected chi connectivity index (χ3v) is 6.15. The maximum absolute atomic E-state index is 14.4. The van der Waals surface area contributed by atoms with Crippen molar-refractivity contribution in [3.05, 3.63) is 42.4 Å². The number of likely N-dealkylation sites (tertiary alicyclic amines) is 1. The first-order valence-corrected chi connectivity index (χ1v) is 9.47. The van der Waals surface area contributed by atoms with Gasteiger partial charge in [0, 0.05) is 39.1 Å². The fraction of sp³-hybridized carbons (Fsp3) is 0.500. The Morgan fingerprint density at radius 3 is 2.93 bits per heavy atom. The number of rotatable bonds is 4. The van der Waals surface area contributed by atoms with Gasteiger partial charge in [-0.05, 0) is 43.5 Å². The van der Waals surface area contributed by atoms with Crippen LogP contribution in [0, 0.1) is 0 Å². The van der Waals surface area contributed by atoms with E-state index in [0.29, 0.717) is 39.1 Å². The van der Waals surface area contributed by atoms with Crippen molar-refractivity contribution in [2.75, 3.05) is 38.3 Å². The topological polar surface area (TPSA) is 50.6 Å². The van der Waals surface area contributed by atoms with E-state index in [1.54, 1.807) is 18.2 Å². The summed E-state index contributed by atoms with van der Waals surface area (Å²) in [4.78, 5) is 21.3. The standard InChI is InChI=1S/C20H23FN4O2/c1-27-13-12-25-15-4-2-9-22-17(15)24-10-3-5-16(24)20(25)8-11-23(14-20)18(26)19(21)6-7-19/h2-5,9-10H,6-8,11-14H2,1H3. The number of ether oxygens (including phenoxy) is 1. The number of pyridine rings is 1. The van der Waals surface area contributed by atoms with Gasteiger partial charge in [-0.2, -0.15) is 0 Å². The van der Waals surface area contributed by atoms with Gasteiger partial charge in [0.2, 0.25) is 0 Å². The van der Waals surface area contributed by atoms with Gasteiger partial charge in [0.15, 0.2) is 11.5 Å². The highest BCUT2D eigenvalue weighted by atomic mass is 19.1. The maximum atomic E-state index is 14.4. The smallest absolute Gasteiger partial charge is 0.260 e. The van der Waals surface area contributed by atoms with Crippen molar-refractivity contribution in [2.45, 2.75) is 30.5 Å². The van der Waals surface area contributed by atoms with Crippen LogP contribution >= 0.6 is 0 Å². The number of alkyl halides is 1. The van der Waals surface area contributed by atoms with Crippen LogP contribution < -0.4 is 4.90 Å². The van der Waals surface area contributed by atoms with E-state index in [4.69, 9.17) is 4.74 Å². The summed E-state index contributed by atoms with van der Waals surface area (Å²) in [6.07, 6.45) is 5.27. The molecule has 0 bridgehead atoms. The molecule has 2 aromatic heterocycles. The molecule has 2 aliphatic heterocycles. The van der Waals surface area contributed by atoms with E-state index in [1.165, 1.54) is 0 Å². The van der Waals surface area contributed by atoms with Gasteiger partial charge in [0.25, 0.3) is 5.91 Å². The third-order valence-electron chi connectivity index (χ3n) is 6.15. The summed E-state index contributed by atoms with van der Waals surface area (Å²) in [7, 11) is 1.69. The van der Waals surface area contributed by atoms with Crippen molar-refractivity contribution in [1.29, 1.82) is 0 Å². The van der Waals surface area contributed by atoms with Crippen LogP contribution in [0.2, 0.25) is 0 Å². The Balaban J connectivity index is 1.59. The average molecular weight is 370 g/mol. The van der Waals surface area contributed by atoms with Crippen LogP contribution in [0.25, 0.3) is 5.82 Å². The van der Waals surface area contributed by atoms with Gasteiger partial charge >= 0.3 is 0 Å². The minimum absolute atomic E-state index is 0.346. The monoisotopic (exact) mass is 370 g/mol. The molecular weight excluding hydrogens is 347 g/mol. The van der Waals surface area contributed by atoms with E-state index in [0.717, 1.165) is 23.6 Å². The number of anilines is 1. The van der Waals surface area contributed by atoms with Crippen molar-refractivity contribution in [3.63, 3.8) is 0 Å². The molecule has 142 valence electrons. The number of fused-ring (bicyclic) bond motifs is 4.